The zero-order valence-corrected chi connectivity index (χ0v) is 17.2. The number of hydrogen-bond acceptors (Lipinski definition) is 7. The first kappa shape index (κ1) is 20.1. The van der Waals surface area contributed by atoms with E-state index < -0.39 is 0 Å². The Morgan fingerprint density at radius 2 is 1.80 bits per heavy atom. The number of hydrogen-bond donors (Lipinski definition) is 1. The van der Waals surface area contributed by atoms with Crippen LogP contribution in [-0.4, -0.2) is 61.4 Å². The highest BCUT2D eigenvalue weighted by molar-refractivity contribution is 5.64. The number of rotatable bonds is 8. The first-order valence-electron chi connectivity index (χ1n) is 10.2. The van der Waals surface area contributed by atoms with Gasteiger partial charge in [-0.3, -0.25) is 4.90 Å². The van der Waals surface area contributed by atoms with E-state index in [1.807, 2.05) is 72.6 Å². The van der Waals surface area contributed by atoms with Crippen LogP contribution in [0.25, 0.3) is 0 Å². The van der Waals surface area contributed by atoms with Gasteiger partial charge in [0.25, 0.3) is 0 Å². The Bertz CT molecular complexity index is 914. The van der Waals surface area contributed by atoms with Gasteiger partial charge in [-0.2, -0.15) is 0 Å². The van der Waals surface area contributed by atoms with E-state index >= 15 is 0 Å². The number of para-hydroxylation sites is 1. The first-order valence-corrected chi connectivity index (χ1v) is 10.2. The van der Waals surface area contributed by atoms with Crippen LogP contribution in [0.2, 0.25) is 0 Å². The van der Waals surface area contributed by atoms with E-state index in [9.17, 15) is 0 Å². The molecule has 0 unspecified atom stereocenters. The number of benzene rings is 2. The summed E-state index contributed by atoms with van der Waals surface area (Å²) in [6, 6.07) is 20.0. The standard InChI is InChI=1S/C23H27N5O2/c1-27(20-5-3-2-4-6-20)23-17-22(24-18-25-23)26-19-7-9-21(10-8-19)30-16-13-28-11-14-29-15-12-28/h2-10,17-18H,11-16H2,1H3,(H,24,25,26). The molecule has 3 aromatic rings. The third-order valence-corrected chi connectivity index (χ3v) is 5.05. The Balaban J connectivity index is 1.32. The Labute approximate surface area is 177 Å². The second-order valence-electron chi connectivity index (χ2n) is 7.11. The van der Waals surface area contributed by atoms with E-state index in [4.69, 9.17) is 9.47 Å². The number of ether oxygens (including phenoxy) is 2. The first-order chi connectivity index (χ1) is 14.8. The number of anilines is 4. The number of aromatic nitrogens is 2. The zero-order chi connectivity index (χ0) is 20.6. The second kappa shape index (κ2) is 10.0. The van der Waals surface area contributed by atoms with Crippen molar-refractivity contribution in [2.45, 2.75) is 0 Å². The van der Waals surface area contributed by atoms with Crippen molar-refractivity contribution in [2.75, 3.05) is 56.7 Å². The quantitative estimate of drug-likeness (QED) is 0.613. The minimum atomic E-state index is 0.674. The molecule has 30 heavy (non-hydrogen) atoms. The van der Waals surface area contributed by atoms with Crippen LogP contribution >= 0.6 is 0 Å². The largest absolute Gasteiger partial charge is 0.492 e. The fourth-order valence-electron chi connectivity index (χ4n) is 3.28. The summed E-state index contributed by atoms with van der Waals surface area (Å²) in [5.74, 6) is 2.42. The molecule has 0 aliphatic carbocycles. The third-order valence-electron chi connectivity index (χ3n) is 5.05. The van der Waals surface area contributed by atoms with Gasteiger partial charge < -0.3 is 19.7 Å². The monoisotopic (exact) mass is 405 g/mol. The lowest BCUT2D eigenvalue weighted by molar-refractivity contribution is 0.0322. The fraction of sp³-hybridized carbons (Fsp3) is 0.304. The van der Waals surface area contributed by atoms with Gasteiger partial charge in [-0.15, -0.1) is 0 Å². The highest BCUT2D eigenvalue weighted by atomic mass is 16.5. The molecule has 1 saturated heterocycles. The molecule has 0 spiro atoms. The van der Waals surface area contributed by atoms with E-state index in [1.165, 1.54) is 0 Å². The molecule has 1 N–H and O–H groups in total. The van der Waals surface area contributed by atoms with Crippen molar-refractivity contribution in [1.29, 1.82) is 0 Å². The molecule has 0 bridgehead atoms. The highest BCUT2D eigenvalue weighted by Gasteiger charge is 2.10. The van der Waals surface area contributed by atoms with Gasteiger partial charge in [0, 0.05) is 44.1 Å². The summed E-state index contributed by atoms with van der Waals surface area (Å²) in [7, 11) is 1.99. The summed E-state index contributed by atoms with van der Waals surface area (Å²) in [5, 5.41) is 3.33. The van der Waals surface area contributed by atoms with Crippen molar-refractivity contribution in [3.05, 3.63) is 67.0 Å². The lowest BCUT2D eigenvalue weighted by Gasteiger charge is -2.26. The summed E-state index contributed by atoms with van der Waals surface area (Å²) in [6.07, 6.45) is 1.57. The topological polar surface area (TPSA) is 62.8 Å². The van der Waals surface area contributed by atoms with E-state index in [1.54, 1.807) is 6.33 Å². The van der Waals surface area contributed by atoms with Gasteiger partial charge >= 0.3 is 0 Å². The van der Waals surface area contributed by atoms with Crippen LogP contribution < -0.4 is 15.0 Å². The van der Waals surface area contributed by atoms with Gasteiger partial charge in [0.1, 0.15) is 30.3 Å². The number of nitrogens with one attached hydrogen (secondary N) is 1. The molecule has 1 aliphatic rings. The molecule has 7 nitrogen and oxygen atoms in total. The molecule has 2 aromatic carbocycles. The summed E-state index contributed by atoms with van der Waals surface area (Å²) >= 11 is 0. The predicted octanol–water partition coefficient (Wildman–Crippen LogP) is 3.70. The normalized spacial score (nSPS) is 14.3. The Morgan fingerprint density at radius 1 is 1.03 bits per heavy atom. The molecular formula is C23H27N5O2. The molecule has 156 valence electrons. The maximum absolute atomic E-state index is 5.87. The molecule has 1 aromatic heterocycles. The smallest absolute Gasteiger partial charge is 0.138 e. The lowest BCUT2D eigenvalue weighted by atomic mass is 10.3. The van der Waals surface area contributed by atoms with Crippen LogP contribution in [-0.2, 0) is 4.74 Å². The molecule has 0 radical (unpaired) electrons. The molecule has 0 amide bonds. The molecule has 4 rings (SSSR count). The van der Waals surface area contributed by atoms with Crippen LogP contribution in [0.1, 0.15) is 0 Å². The zero-order valence-electron chi connectivity index (χ0n) is 17.2. The molecule has 2 heterocycles. The van der Waals surface area contributed by atoms with Gasteiger partial charge in [0.2, 0.25) is 0 Å². The second-order valence-corrected chi connectivity index (χ2v) is 7.11. The van der Waals surface area contributed by atoms with E-state index in [0.29, 0.717) is 6.61 Å². The summed E-state index contributed by atoms with van der Waals surface area (Å²) in [4.78, 5) is 13.1. The maximum Gasteiger partial charge on any atom is 0.138 e. The van der Waals surface area contributed by atoms with E-state index in [-0.39, 0.29) is 0 Å². The van der Waals surface area contributed by atoms with Gasteiger partial charge in [-0.25, -0.2) is 9.97 Å². The summed E-state index contributed by atoms with van der Waals surface area (Å²) in [5.41, 5.74) is 2.02. The minimum Gasteiger partial charge on any atom is -0.492 e. The fourth-order valence-corrected chi connectivity index (χ4v) is 3.28. The highest BCUT2D eigenvalue weighted by Crippen LogP contribution is 2.24. The lowest BCUT2D eigenvalue weighted by Crippen LogP contribution is -2.38. The van der Waals surface area contributed by atoms with Crippen molar-refractivity contribution >= 4 is 23.0 Å². The number of morpholine rings is 1. The molecule has 1 fully saturated rings. The molecule has 1 aliphatic heterocycles. The maximum atomic E-state index is 5.87. The van der Waals surface area contributed by atoms with Crippen LogP contribution in [0.3, 0.4) is 0 Å². The van der Waals surface area contributed by atoms with E-state index in [2.05, 4.69) is 20.2 Å². The third kappa shape index (κ3) is 5.46. The van der Waals surface area contributed by atoms with Crippen LogP contribution in [0, 0.1) is 0 Å². The average molecular weight is 406 g/mol. The van der Waals surface area contributed by atoms with Crippen molar-refractivity contribution in [3.63, 3.8) is 0 Å². The van der Waals surface area contributed by atoms with Gasteiger partial charge in [-0.05, 0) is 36.4 Å². The summed E-state index contributed by atoms with van der Waals surface area (Å²) in [6.45, 7) is 5.17. The predicted molar refractivity (Wildman–Crippen MR) is 119 cm³/mol. The number of nitrogens with zero attached hydrogens (tertiary/aromatic N) is 4. The van der Waals surface area contributed by atoms with Gasteiger partial charge in [0.15, 0.2) is 0 Å². The van der Waals surface area contributed by atoms with Crippen molar-refractivity contribution in [2.24, 2.45) is 0 Å². The van der Waals surface area contributed by atoms with E-state index in [0.717, 1.165) is 61.6 Å². The SMILES string of the molecule is CN(c1ccccc1)c1cc(Nc2ccc(OCCN3CCOCC3)cc2)ncn1. The van der Waals surface area contributed by atoms with Crippen LogP contribution in [0.5, 0.6) is 5.75 Å². The van der Waals surface area contributed by atoms with Crippen LogP contribution in [0.15, 0.2) is 67.0 Å². The minimum absolute atomic E-state index is 0.674. The molecule has 7 heteroatoms. The summed E-state index contributed by atoms with van der Waals surface area (Å²) < 4.78 is 11.2. The Kier molecular flexibility index (Phi) is 6.74. The van der Waals surface area contributed by atoms with Crippen molar-refractivity contribution < 1.29 is 9.47 Å². The average Bonchev–Trinajstić information content (AvgIpc) is 2.81. The molecular weight excluding hydrogens is 378 g/mol. The Morgan fingerprint density at radius 3 is 2.57 bits per heavy atom. The van der Waals surface area contributed by atoms with Crippen molar-refractivity contribution in [1.82, 2.24) is 14.9 Å². The van der Waals surface area contributed by atoms with Crippen LogP contribution in [0.4, 0.5) is 23.0 Å². The molecule has 0 atom stereocenters. The van der Waals surface area contributed by atoms with Gasteiger partial charge in [-0.1, -0.05) is 18.2 Å². The molecule has 0 saturated carbocycles. The van der Waals surface area contributed by atoms with Crippen molar-refractivity contribution in [3.8, 4) is 5.75 Å². The Hall–Kier alpha value is -3.16. The van der Waals surface area contributed by atoms with Gasteiger partial charge in [0.05, 0.1) is 13.2 Å².